The highest BCUT2D eigenvalue weighted by molar-refractivity contribution is 5.94. The van der Waals surface area contributed by atoms with Crippen molar-refractivity contribution in [2.45, 2.75) is 45.1 Å². The van der Waals surface area contributed by atoms with E-state index in [1.54, 1.807) is 0 Å². The van der Waals surface area contributed by atoms with Gasteiger partial charge in [0, 0.05) is 18.2 Å². The summed E-state index contributed by atoms with van der Waals surface area (Å²) in [5, 5.41) is 6.43. The van der Waals surface area contributed by atoms with Gasteiger partial charge in [-0.3, -0.25) is 4.79 Å². The Morgan fingerprint density at radius 3 is 2.60 bits per heavy atom. The van der Waals surface area contributed by atoms with Gasteiger partial charge < -0.3 is 10.6 Å². The lowest BCUT2D eigenvalue weighted by Gasteiger charge is -2.11. The largest absolute Gasteiger partial charge is 0.352 e. The van der Waals surface area contributed by atoms with Crippen molar-refractivity contribution in [2.24, 2.45) is 0 Å². The van der Waals surface area contributed by atoms with Gasteiger partial charge in [0.2, 0.25) is 0 Å². The maximum Gasteiger partial charge on any atom is 0.251 e. The Morgan fingerprint density at radius 1 is 1.35 bits per heavy atom. The fourth-order valence-corrected chi connectivity index (χ4v) is 2.48. The van der Waals surface area contributed by atoms with Crippen molar-refractivity contribution in [2.75, 3.05) is 13.1 Å². The Kier molecular flexibility index (Phi) is 7.03. The van der Waals surface area contributed by atoms with Crippen molar-refractivity contribution in [3.05, 3.63) is 35.4 Å². The van der Waals surface area contributed by atoms with Crippen molar-refractivity contribution in [3.63, 3.8) is 0 Å². The molecule has 1 saturated heterocycles. The van der Waals surface area contributed by atoms with E-state index in [0.29, 0.717) is 12.0 Å². The number of hydrogen-bond donors (Lipinski definition) is 2. The van der Waals surface area contributed by atoms with Crippen molar-refractivity contribution < 1.29 is 4.79 Å². The topological polar surface area (TPSA) is 41.1 Å². The maximum atomic E-state index is 12.0. The second-order valence-electron chi connectivity index (χ2n) is 5.61. The molecule has 0 radical (unpaired) electrons. The summed E-state index contributed by atoms with van der Waals surface area (Å²) < 4.78 is 0. The highest BCUT2D eigenvalue weighted by Crippen LogP contribution is 2.14. The third-order valence-electron chi connectivity index (χ3n) is 3.78. The molecule has 1 aliphatic rings. The molecular weight excluding hydrogens is 272 g/mol. The van der Waals surface area contributed by atoms with Crippen LogP contribution in [0, 0.1) is 0 Å². The smallest absolute Gasteiger partial charge is 0.251 e. The average molecular weight is 297 g/mol. The first kappa shape index (κ1) is 17.0. The van der Waals surface area contributed by atoms with Crippen LogP contribution in [0.4, 0.5) is 0 Å². The van der Waals surface area contributed by atoms with E-state index in [4.69, 9.17) is 0 Å². The fraction of sp³-hybridized carbons (Fsp3) is 0.562. The molecule has 1 amide bonds. The highest BCUT2D eigenvalue weighted by atomic mass is 35.5. The van der Waals surface area contributed by atoms with Crippen LogP contribution in [0.5, 0.6) is 0 Å². The highest BCUT2D eigenvalue weighted by Gasteiger charge is 2.14. The number of carbonyl (C=O) groups excluding carboxylic acids is 1. The number of carbonyl (C=O) groups is 1. The number of amides is 1. The standard InChI is InChI=1S/C16H24N2O.ClH/c1-12(2)13-5-7-14(8-6-13)16(19)18-11-9-15-4-3-10-17-15;/h5-8,12,15,17H,3-4,9-11H2,1-2H3,(H,18,19);1H/t15-;/m1./s1. The Bertz CT molecular complexity index is 411. The molecule has 2 N–H and O–H groups in total. The van der Waals surface area contributed by atoms with Gasteiger partial charge in [0.1, 0.15) is 0 Å². The molecule has 20 heavy (non-hydrogen) atoms. The summed E-state index contributed by atoms with van der Waals surface area (Å²) in [5.74, 6) is 0.541. The minimum absolute atomic E-state index is 0. The van der Waals surface area contributed by atoms with Crippen molar-refractivity contribution in [1.29, 1.82) is 0 Å². The van der Waals surface area contributed by atoms with E-state index in [2.05, 4.69) is 24.5 Å². The van der Waals surface area contributed by atoms with Gasteiger partial charge in [0.15, 0.2) is 0 Å². The van der Waals surface area contributed by atoms with Crippen molar-refractivity contribution >= 4 is 18.3 Å². The van der Waals surface area contributed by atoms with Crippen LogP contribution < -0.4 is 10.6 Å². The molecule has 0 bridgehead atoms. The normalized spacial score (nSPS) is 17.9. The van der Waals surface area contributed by atoms with E-state index in [9.17, 15) is 4.79 Å². The van der Waals surface area contributed by atoms with E-state index >= 15 is 0 Å². The zero-order valence-electron chi connectivity index (χ0n) is 12.3. The van der Waals surface area contributed by atoms with Gasteiger partial charge in [-0.1, -0.05) is 26.0 Å². The van der Waals surface area contributed by atoms with E-state index in [1.807, 2.05) is 24.3 Å². The second-order valence-corrected chi connectivity index (χ2v) is 5.61. The summed E-state index contributed by atoms with van der Waals surface area (Å²) in [6.45, 7) is 6.19. The molecule has 1 aromatic rings. The van der Waals surface area contributed by atoms with E-state index in [-0.39, 0.29) is 18.3 Å². The van der Waals surface area contributed by atoms with Crippen molar-refractivity contribution in [3.8, 4) is 0 Å². The summed E-state index contributed by atoms with van der Waals surface area (Å²) in [4.78, 5) is 12.0. The second kappa shape index (κ2) is 8.28. The third-order valence-corrected chi connectivity index (χ3v) is 3.78. The Labute approximate surface area is 127 Å². The zero-order chi connectivity index (χ0) is 13.7. The molecule has 4 heteroatoms. The summed E-state index contributed by atoms with van der Waals surface area (Å²) in [6, 6.07) is 8.50. The van der Waals surface area contributed by atoms with Crippen LogP contribution in [0.3, 0.4) is 0 Å². The minimum Gasteiger partial charge on any atom is -0.352 e. The first-order valence-electron chi connectivity index (χ1n) is 7.28. The number of halogens is 1. The maximum absolute atomic E-state index is 12.0. The molecule has 0 aromatic heterocycles. The molecule has 0 saturated carbocycles. The number of hydrogen-bond acceptors (Lipinski definition) is 2. The Balaban J connectivity index is 0.00000200. The predicted octanol–water partition coefficient (Wildman–Crippen LogP) is 3.10. The third kappa shape index (κ3) is 4.80. The first-order chi connectivity index (χ1) is 9.16. The van der Waals surface area contributed by atoms with Gasteiger partial charge >= 0.3 is 0 Å². The lowest BCUT2D eigenvalue weighted by atomic mass is 10.0. The quantitative estimate of drug-likeness (QED) is 0.876. The van der Waals surface area contributed by atoms with E-state index in [1.165, 1.54) is 18.4 Å². The molecule has 3 nitrogen and oxygen atoms in total. The van der Waals surface area contributed by atoms with Gasteiger partial charge in [-0.05, 0) is 49.4 Å². The Morgan fingerprint density at radius 2 is 2.05 bits per heavy atom. The van der Waals surface area contributed by atoms with Crippen LogP contribution >= 0.6 is 12.4 Å². The van der Waals surface area contributed by atoms with Gasteiger partial charge in [0.25, 0.3) is 5.91 Å². The first-order valence-corrected chi connectivity index (χ1v) is 7.28. The molecule has 1 heterocycles. The van der Waals surface area contributed by atoms with Crippen LogP contribution in [0.15, 0.2) is 24.3 Å². The van der Waals surface area contributed by atoms with Gasteiger partial charge in [-0.25, -0.2) is 0 Å². The minimum atomic E-state index is 0. The average Bonchev–Trinajstić information content (AvgIpc) is 2.92. The molecule has 2 rings (SSSR count). The van der Waals surface area contributed by atoms with Gasteiger partial charge in [0.05, 0.1) is 0 Å². The Hall–Kier alpha value is -1.06. The summed E-state index contributed by atoms with van der Waals surface area (Å²) in [7, 11) is 0. The van der Waals surface area contributed by atoms with Gasteiger partial charge in [-0.2, -0.15) is 0 Å². The van der Waals surface area contributed by atoms with Crippen molar-refractivity contribution in [1.82, 2.24) is 10.6 Å². The number of nitrogens with one attached hydrogen (secondary N) is 2. The molecule has 1 fully saturated rings. The molecule has 0 aliphatic carbocycles. The molecule has 0 spiro atoms. The zero-order valence-corrected chi connectivity index (χ0v) is 13.1. The van der Waals surface area contributed by atoms with Gasteiger partial charge in [-0.15, -0.1) is 12.4 Å². The van der Waals surface area contributed by atoms with Crippen LogP contribution in [-0.4, -0.2) is 25.0 Å². The van der Waals surface area contributed by atoms with Crippen LogP contribution in [-0.2, 0) is 0 Å². The molecule has 1 atom stereocenters. The van der Waals surface area contributed by atoms with Crippen LogP contribution in [0.1, 0.15) is 54.9 Å². The molecule has 1 aromatic carbocycles. The molecule has 0 unspecified atom stereocenters. The monoisotopic (exact) mass is 296 g/mol. The predicted molar refractivity (Wildman–Crippen MR) is 85.8 cm³/mol. The van der Waals surface area contributed by atoms with Crippen LogP contribution in [0.25, 0.3) is 0 Å². The molecule has 112 valence electrons. The lowest BCUT2D eigenvalue weighted by Crippen LogP contribution is -2.30. The van der Waals surface area contributed by atoms with E-state index < -0.39 is 0 Å². The lowest BCUT2D eigenvalue weighted by molar-refractivity contribution is 0.0952. The molecule has 1 aliphatic heterocycles. The molecular formula is C16H25ClN2O. The van der Waals surface area contributed by atoms with E-state index in [0.717, 1.165) is 25.1 Å². The summed E-state index contributed by atoms with van der Waals surface area (Å²) in [6.07, 6.45) is 3.52. The summed E-state index contributed by atoms with van der Waals surface area (Å²) in [5.41, 5.74) is 2.02. The summed E-state index contributed by atoms with van der Waals surface area (Å²) >= 11 is 0. The van der Waals surface area contributed by atoms with Crippen LogP contribution in [0.2, 0.25) is 0 Å². The number of benzene rings is 1. The SMILES string of the molecule is CC(C)c1ccc(C(=O)NCC[C@H]2CCCN2)cc1.Cl. The fourth-order valence-electron chi connectivity index (χ4n) is 2.48. The number of rotatable bonds is 5.